The molecule has 3 nitrogen and oxygen atoms in total. The maximum atomic E-state index is 12.2. The number of hydrogen-bond donors (Lipinski definition) is 2. The first-order valence-corrected chi connectivity index (χ1v) is 8.16. The van der Waals surface area contributed by atoms with E-state index in [1.807, 2.05) is 25.1 Å². The monoisotopic (exact) mass is 280 g/mol. The van der Waals surface area contributed by atoms with Gasteiger partial charge in [0.05, 0.1) is 0 Å². The molecule has 0 aliphatic carbocycles. The largest absolute Gasteiger partial charge is 0.385 e. The summed E-state index contributed by atoms with van der Waals surface area (Å²) in [5, 5.41) is 6.36. The number of amides is 1. The molecule has 2 N–H and O–H groups in total. The van der Waals surface area contributed by atoms with Crippen LogP contribution in [0.25, 0.3) is 0 Å². The second-order valence-electron chi connectivity index (χ2n) is 4.59. The Kier molecular flexibility index (Phi) is 6.78. The Balaban J connectivity index is 2.74. The fourth-order valence-electron chi connectivity index (χ4n) is 1.93. The van der Waals surface area contributed by atoms with E-state index >= 15 is 0 Å². The van der Waals surface area contributed by atoms with Crippen LogP contribution in [0, 0.1) is 6.92 Å². The molecule has 0 saturated heterocycles. The van der Waals surface area contributed by atoms with Crippen molar-refractivity contribution in [1.82, 2.24) is 5.32 Å². The molecule has 0 heterocycles. The zero-order chi connectivity index (χ0) is 14.3. The molecule has 0 fully saturated rings. The molecule has 0 aromatic heterocycles. The second kappa shape index (κ2) is 8.10. The van der Waals surface area contributed by atoms with Crippen LogP contribution in [-0.4, -0.2) is 30.5 Å². The standard InChI is InChI=1S/C15H24N2OS/c1-5-13(10-19-4)17-15(18)12-7-8-14(16-6-2)11(3)9-12/h7-9,13,16H,5-6,10H2,1-4H3,(H,17,18). The SMILES string of the molecule is CCNc1ccc(C(=O)NC(CC)CSC)cc1C. The first-order chi connectivity index (χ1) is 9.12. The van der Waals surface area contributed by atoms with Crippen molar-refractivity contribution in [3.63, 3.8) is 0 Å². The molecule has 1 atom stereocenters. The fraction of sp³-hybridized carbons (Fsp3) is 0.533. The van der Waals surface area contributed by atoms with E-state index in [9.17, 15) is 4.79 Å². The van der Waals surface area contributed by atoms with E-state index in [-0.39, 0.29) is 11.9 Å². The van der Waals surface area contributed by atoms with E-state index in [0.717, 1.165) is 35.5 Å². The molecule has 1 rings (SSSR count). The van der Waals surface area contributed by atoms with Crippen molar-refractivity contribution in [1.29, 1.82) is 0 Å². The predicted molar refractivity (Wildman–Crippen MR) is 85.3 cm³/mol. The highest BCUT2D eigenvalue weighted by atomic mass is 32.2. The first kappa shape index (κ1) is 15.9. The topological polar surface area (TPSA) is 41.1 Å². The lowest BCUT2D eigenvalue weighted by molar-refractivity contribution is 0.0940. The van der Waals surface area contributed by atoms with Gasteiger partial charge in [-0.15, -0.1) is 0 Å². The van der Waals surface area contributed by atoms with E-state index < -0.39 is 0 Å². The quantitative estimate of drug-likeness (QED) is 0.805. The van der Waals surface area contributed by atoms with Gasteiger partial charge in [0.15, 0.2) is 0 Å². The van der Waals surface area contributed by atoms with Crippen LogP contribution in [0.15, 0.2) is 18.2 Å². The second-order valence-corrected chi connectivity index (χ2v) is 5.50. The summed E-state index contributed by atoms with van der Waals surface area (Å²) in [6.07, 6.45) is 3.02. The summed E-state index contributed by atoms with van der Waals surface area (Å²) in [5.74, 6) is 0.975. The van der Waals surface area contributed by atoms with Crippen LogP contribution in [0.4, 0.5) is 5.69 Å². The number of nitrogens with one attached hydrogen (secondary N) is 2. The lowest BCUT2D eigenvalue weighted by atomic mass is 10.1. The Morgan fingerprint density at radius 3 is 2.63 bits per heavy atom. The molecule has 1 amide bonds. The molecule has 106 valence electrons. The van der Waals surface area contributed by atoms with Crippen LogP contribution in [0.5, 0.6) is 0 Å². The van der Waals surface area contributed by atoms with E-state index in [1.54, 1.807) is 11.8 Å². The van der Waals surface area contributed by atoms with Crippen molar-refractivity contribution in [2.75, 3.05) is 23.9 Å². The molecular weight excluding hydrogens is 256 g/mol. The fourth-order valence-corrected chi connectivity index (χ4v) is 2.65. The highest BCUT2D eigenvalue weighted by molar-refractivity contribution is 7.98. The van der Waals surface area contributed by atoms with Gasteiger partial charge in [-0.05, 0) is 50.3 Å². The Morgan fingerprint density at radius 1 is 1.37 bits per heavy atom. The summed E-state index contributed by atoms with van der Waals surface area (Å²) in [6, 6.07) is 6.05. The summed E-state index contributed by atoms with van der Waals surface area (Å²) in [7, 11) is 0. The molecule has 0 saturated carbocycles. The smallest absolute Gasteiger partial charge is 0.251 e. The van der Waals surface area contributed by atoms with Gasteiger partial charge in [-0.3, -0.25) is 4.79 Å². The number of thioether (sulfide) groups is 1. The summed E-state index contributed by atoms with van der Waals surface area (Å²) in [5.41, 5.74) is 2.93. The number of anilines is 1. The van der Waals surface area contributed by atoms with Crippen molar-refractivity contribution in [2.45, 2.75) is 33.2 Å². The van der Waals surface area contributed by atoms with Gasteiger partial charge in [0.2, 0.25) is 0 Å². The summed E-state index contributed by atoms with van der Waals surface area (Å²) in [4.78, 5) is 12.2. The van der Waals surface area contributed by atoms with Crippen molar-refractivity contribution < 1.29 is 4.79 Å². The molecule has 1 unspecified atom stereocenters. The first-order valence-electron chi connectivity index (χ1n) is 6.76. The van der Waals surface area contributed by atoms with Gasteiger partial charge in [0.25, 0.3) is 5.91 Å². The molecule has 1 aromatic rings. The molecule has 19 heavy (non-hydrogen) atoms. The number of rotatable bonds is 7. The lowest BCUT2D eigenvalue weighted by Crippen LogP contribution is -2.36. The average Bonchev–Trinajstić information content (AvgIpc) is 2.40. The maximum absolute atomic E-state index is 12.2. The summed E-state index contributed by atoms with van der Waals surface area (Å²) in [6.45, 7) is 7.07. The zero-order valence-electron chi connectivity index (χ0n) is 12.2. The minimum atomic E-state index is 0.0204. The Hall–Kier alpha value is -1.16. The average molecular weight is 280 g/mol. The minimum Gasteiger partial charge on any atom is -0.385 e. The Labute approximate surface area is 120 Å². The molecular formula is C15H24N2OS. The molecule has 1 aromatic carbocycles. The van der Waals surface area contributed by atoms with Gasteiger partial charge in [-0.25, -0.2) is 0 Å². The third kappa shape index (κ3) is 4.78. The van der Waals surface area contributed by atoms with Gasteiger partial charge in [-0.2, -0.15) is 11.8 Å². The molecule has 0 spiro atoms. The lowest BCUT2D eigenvalue weighted by Gasteiger charge is -2.16. The van der Waals surface area contributed by atoms with Crippen molar-refractivity contribution in [3.8, 4) is 0 Å². The van der Waals surface area contributed by atoms with Crippen LogP contribution in [-0.2, 0) is 0 Å². The van der Waals surface area contributed by atoms with E-state index in [0.29, 0.717) is 0 Å². The van der Waals surface area contributed by atoms with Crippen molar-refractivity contribution >= 4 is 23.4 Å². The third-order valence-corrected chi connectivity index (χ3v) is 3.79. The predicted octanol–water partition coefficient (Wildman–Crippen LogP) is 3.30. The van der Waals surface area contributed by atoms with Gasteiger partial charge in [0, 0.05) is 29.6 Å². The molecule has 0 aliphatic rings. The number of benzene rings is 1. The Bertz CT molecular complexity index is 421. The van der Waals surface area contributed by atoms with Crippen molar-refractivity contribution in [3.05, 3.63) is 29.3 Å². The Morgan fingerprint density at radius 2 is 2.11 bits per heavy atom. The van der Waals surface area contributed by atoms with Gasteiger partial charge in [0.1, 0.15) is 0 Å². The van der Waals surface area contributed by atoms with Crippen LogP contribution >= 0.6 is 11.8 Å². The molecule has 0 aliphatic heterocycles. The van der Waals surface area contributed by atoms with Gasteiger partial charge in [-0.1, -0.05) is 6.92 Å². The third-order valence-electron chi connectivity index (χ3n) is 3.05. The van der Waals surface area contributed by atoms with Crippen LogP contribution in [0.2, 0.25) is 0 Å². The molecule has 4 heteroatoms. The van der Waals surface area contributed by atoms with Crippen molar-refractivity contribution in [2.24, 2.45) is 0 Å². The zero-order valence-corrected chi connectivity index (χ0v) is 13.1. The van der Waals surface area contributed by atoms with Crippen LogP contribution in [0.3, 0.4) is 0 Å². The number of carbonyl (C=O) groups is 1. The van der Waals surface area contributed by atoms with Crippen LogP contribution in [0.1, 0.15) is 36.2 Å². The molecule has 0 radical (unpaired) electrons. The highest BCUT2D eigenvalue weighted by Crippen LogP contribution is 2.16. The normalized spacial score (nSPS) is 12.0. The van der Waals surface area contributed by atoms with Crippen LogP contribution < -0.4 is 10.6 Å². The summed E-state index contributed by atoms with van der Waals surface area (Å²) >= 11 is 1.76. The number of aryl methyl sites for hydroxylation is 1. The van der Waals surface area contributed by atoms with Gasteiger partial charge < -0.3 is 10.6 Å². The number of carbonyl (C=O) groups excluding carboxylic acids is 1. The van der Waals surface area contributed by atoms with E-state index in [2.05, 4.69) is 30.7 Å². The van der Waals surface area contributed by atoms with E-state index in [4.69, 9.17) is 0 Å². The molecule has 0 bridgehead atoms. The highest BCUT2D eigenvalue weighted by Gasteiger charge is 2.12. The number of hydrogen-bond acceptors (Lipinski definition) is 3. The minimum absolute atomic E-state index is 0.0204. The maximum Gasteiger partial charge on any atom is 0.251 e. The van der Waals surface area contributed by atoms with E-state index in [1.165, 1.54) is 0 Å². The van der Waals surface area contributed by atoms with Gasteiger partial charge >= 0.3 is 0 Å². The summed E-state index contributed by atoms with van der Waals surface area (Å²) < 4.78 is 0.